The third kappa shape index (κ3) is 3.13. The van der Waals surface area contributed by atoms with Crippen molar-refractivity contribution in [3.63, 3.8) is 0 Å². The molecule has 0 radical (unpaired) electrons. The Labute approximate surface area is 149 Å². The molecule has 0 aliphatic rings. The van der Waals surface area contributed by atoms with Crippen molar-refractivity contribution >= 4 is 23.4 Å². The van der Waals surface area contributed by atoms with E-state index in [1.165, 1.54) is 12.7 Å². The molecule has 10 heteroatoms. The minimum absolute atomic E-state index is 0.0134. The molecule has 0 unspecified atom stereocenters. The zero-order chi connectivity index (χ0) is 18.8. The Morgan fingerprint density at radius 3 is 2.73 bits per heavy atom. The van der Waals surface area contributed by atoms with E-state index in [1.54, 1.807) is 15.1 Å². The van der Waals surface area contributed by atoms with Gasteiger partial charge in [0.25, 0.3) is 17.6 Å². The van der Waals surface area contributed by atoms with Gasteiger partial charge in [-0.25, -0.2) is 14.5 Å². The topological polar surface area (TPSA) is 133 Å². The molecule has 136 valence electrons. The Hall–Kier alpha value is -3.30. The van der Waals surface area contributed by atoms with Crippen molar-refractivity contribution in [2.75, 3.05) is 5.32 Å². The molecule has 0 aliphatic heterocycles. The number of primary amides is 1. The molecule has 0 saturated carbocycles. The van der Waals surface area contributed by atoms with E-state index >= 15 is 0 Å². The highest BCUT2D eigenvalue weighted by Gasteiger charge is 2.21. The number of aromatic nitrogens is 6. The van der Waals surface area contributed by atoms with Gasteiger partial charge in [0.05, 0.1) is 12.0 Å². The van der Waals surface area contributed by atoms with Crippen LogP contribution in [0.4, 0.5) is 5.82 Å². The van der Waals surface area contributed by atoms with Gasteiger partial charge in [0, 0.05) is 6.54 Å². The normalized spacial score (nSPS) is 11.2. The molecule has 3 rings (SSSR count). The Morgan fingerprint density at radius 2 is 2.08 bits per heavy atom. The summed E-state index contributed by atoms with van der Waals surface area (Å²) in [4.78, 5) is 36.7. The Bertz CT molecular complexity index is 972. The molecule has 3 aromatic rings. The van der Waals surface area contributed by atoms with E-state index in [0.29, 0.717) is 12.3 Å². The summed E-state index contributed by atoms with van der Waals surface area (Å²) in [5.41, 5.74) is 6.35. The molecule has 0 fully saturated rings. The minimum Gasteiger partial charge on any atom is -0.364 e. The van der Waals surface area contributed by atoms with Crippen molar-refractivity contribution in [1.29, 1.82) is 0 Å². The SMILES string of the molecule is CCCn1cnc(C(N)=O)c1NC(=O)c1cc(C(C)C)n2ncnc2n1. The Balaban J connectivity index is 2.00. The summed E-state index contributed by atoms with van der Waals surface area (Å²) in [6.07, 6.45) is 3.67. The van der Waals surface area contributed by atoms with Crippen LogP contribution < -0.4 is 11.1 Å². The van der Waals surface area contributed by atoms with E-state index in [-0.39, 0.29) is 23.1 Å². The van der Waals surface area contributed by atoms with Crippen LogP contribution in [0.2, 0.25) is 0 Å². The highest BCUT2D eigenvalue weighted by Crippen LogP contribution is 2.19. The lowest BCUT2D eigenvalue weighted by Crippen LogP contribution is -2.22. The first-order chi connectivity index (χ1) is 12.4. The van der Waals surface area contributed by atoms with Crippen LogP contribution in [-0.2, 0) is 6.54 Å². The largest absolute Gasteiger partial charge is 0.364 e. The Kier molecular flexibility index (Phi) is 4.65. The van der Waals surface area contributed by atoms with Gasteiger partial charge in [-0.05, 0) is 18.4 Å². The lowest BCUT2D eigenvalue weighted by Gasteiger charge is -2.12. The van der Waals surface area contributed by atoms with Gasteiger partial charge in [-0.15, -0.1) is 0 Å². The van der Waals surface area contributed by atoms with Crippen LogP contribution in [0.5, 0.6) is 0 Å². The number of hydrogen-bond donors (Lipinski definition) is 2. The van der Waals surface area contributed by atoms with Crippen LogP contribution in [0.15, 0.2) is 18.7 Å². The van der Waals surface area contributed by atoms with Crippen LogP contribution in [0.3, 0.4) is 0 Å². The molecule has 0 bridgehead atoms. The molecular weight excluding hydrogens is 336 g/mol. The summed E-state index contributed by atoms with van der Waals surface area (Å²) in [5, 5.41) is 6.83. The molecule has 0 aliphatic carbocycles. The molecule has 26 heavy (non-hydrogen) atoms. The first-order valence-electron chi connectivity index (χ1n) is 8.29. The number of nitrogens with two attached hydrogens (primary N) is 1. The molecule has 3 aromatic heterocycles. The van der Waals surface area contributed by atoms with Crippen LogP contribution in [0, 0.1) is 0 Å². The van der Waals surface area contributed by atoms with Crippen LogP contribution >= 0.6 is 0 Å². The van der Waals surface area contributed by atoms with Gasteiger partial charge >= 0.3 is 0 Å². The molecule has 3 heterocycles. The second-order valence-electron chi connectivity index (χ2n) is 6.15. The molecule has 0 aromatic carbocycles. The van der Waals surface area contributed by atoms with Gasteiger partial charge in [-0.1, -0.05) is 20.8 Å². The van der Waals surface area contributed by atoms with E-state index in [4.69, 9.17) is 5.73 Å². The molecule has 0 spiro atoms. The number of carbonyl (C=O) groups is 2. The van der Waals surface area contributed by atoms with Crippen LogP contribution in [-0.4, -0.2) is 40.9 Å². The number of nitrogens with zero attached hydrogens (tertiary/aromatic N) is 6. The van der Waals surface area contributed by atoms with E-state index < -0.39 is 11.8 Å². The highest BCUT2D eigenvalue weighted by molar-refractivity contribution is 6.06. The summed E-state index contributed by atoms with van der Waals surface area (Å²) in [5.74, 6) is -0.477. The summed E-state index contributed by atoms with van der Waals surface area (Å²) in [6.45, 7) is 6.54. The fourth-order valence-corrected chi connectivity index (χ4v) is 2.64. The average molecular weight is 356 g/mol. The monoisotopic (exact) mass is 356 g/mol. The Morgan fingerprint density at radius 1 is 1.31 bits per heavy atom. The number of nitrogens with one attached hydrogen (secondary N) is 1. The number of amides is 2. The van der Waals surface area contributed by atoms with Crippen molar-refractivity contribution in [1.82, 2.24) is 29.1 Å². The quantitative estimate of drug-likeness (QED) is 0.682. The van der Waals surface area contributed by atoms with E-state index in [2.05, 4.69) is 25.4 Å². The summed E-state index contributed by atoms with van der Waals surface area (Å²) in [7, 11) is 0. The fraction of sp³-hybridized carbons (Fsp3) is 0.375. The van der Waals surface area contributed by atoms with Gasteiger partial charge in [0.1, 0.15) is 17.8 Å². The van der Waals surface area contributed by atoms with Crippen molar-refractivity contribution in [2.24, 2.45) is 5.73 Å². The molecule has 2 amide bonds. The number of fused-ring (bicyclic) bond motifs is 1. The van der Waals surface area contributed by atoms with Gasteiger partial charge < -0.3 is 15.6 Å². The molecule has 10 nitrogen and oxygen atoms in total. The average Bonchev–Trinajstić information content (AvgIpc) is 3.21. The van der Waals surface area contributed by atoms with Crippen LogP contribution in [0.1, 0.15) is 59.8 Å². The van der Waals surface area contributed by atoms with E-state index in [0.717, 1.165) is 12.1 Å². The number of anilines is 1. The maximum absolute atomic E-state index is 12.8. The molecule has 0 atom stereocenters. The lowest BCUT2D eigenvalue weighted by atomic mass is 10.1. The standard InChI is InChI=1S/C16H20N8O2/c1-4-5-23-8-19-12(13(17)25)14(23)22-15(26)10-6-11(9(2)3)24-16(21-10)18-7-20-24/h6-9H,4-5H2,1-3H3,(H2,17,25)(H,22,26). The summed E-state index contributed by atoms with van der Waals surface area (Å²) < 4.78 is 3.27. The third-order valence-corrected chi connectivity index (χ3v) is 3.87. The smallest absolute Gasteiger partial charge is 0.275 e. The first kappa shape index (κ1) is 17.5. The van der Waals surface area contributed by atoms with Crippen molar-refractivity contribution in [3.05, 3.63) is 35.8 Å². The summed E-state index contributed by atoms with van der Waals surface area (Å²) >= 11 is 0. The number of hydrogen-bond acceptors (Lipinski definition) is 6. The molecule has 3 N–H and O–H groups in total. The molecule has 0 saturated heterocycles. The zero-order valence-corrected chi connectivity index (χ0v) is 14.8. The predicted molar refractivity (Wildman–Crippen MR) is 93.9 cm³/mol. The van der Waals surface area contributed by atoms with Gasteiger partial charge in [0.15, 0.2) is 5.69 Å². The van der Waals surface area contributed by atoms with Crippen molar-refractivity contribution in [2.45, 2.75) is 39.7 Å². The van der Waals surface area contributed by atoms with E-state index in [1.807, 2.05) is 20.8 Å². The lowest BCUT2D eigenvalue weighted by molar-refractivity contribution is 0.0997. The number of aryl methyl sites for hydroxylation is 1. The van der Waals surface area contributed by atoms with Crippen molar-refractivity contribution < 1.29 is 9.59 Å². The van der Waals surface area contributed by atoms with Crippen molar-refractivity contribution in [3.8, 4) is 0 Å². The van der Waals surface area contributed by atoms with Gasteiger partial charge in [-0.2, -0.15) is 10.1 Å². The second kappa shape index (κ2) is 6.90. The maximum Gasteiger partial charge on any atom is 0.275 e. The third-order valence-electron chi connectivity index (χ3n) is 3.87. The number of carbonyl (C=O) groups excluding carboxylic acids is 2. The fourth-order valence-electron chi connectivity index (χ4n) is 2.64. The number of rotatable bonds is 6. The number of imidazole rings is 1. The maximum atomic E-state index is 12.8. The van der Waals surface area contributed by atoms with Gasteiger partial charge in [-0.3, -0.25) is 9.59 Å². The van der Waals surface area contributed by atoms with Gasteiger partial charge in [0.2, 0.25) is 0 Å². The predicted octanol–water partition coefficient (Wildman–Crippen LogP) is 1.21. The first-order valence-corrected chi connectivity index (χ1v) is 8.29. The highest BCUT2D eigenvalue weighted by atomic mass is 16.2. The zero-order valence-electron chi connectivity index (χ0n) is 14.8. The summed E-state index contributed by atoms with van der Waals surface area (Å²) in [6, 6.07) is 1.66. The molecular formula is C16H20N8O2. The minimum atomic E-state index is -0.709. The van der Waals surface area contributed by atoms with Crippen LogP contribution in [0.25, 0.3) is 5.78 Å². The van der Waals surface area contributed by atoms with E-state index in [9.17, 15) is 9.59 Å². The second-order valence-corrected chi connectivity index (χ2v) is 6.15.